The van der Waals surface area contributed by atoms with Gasteiger partial charge in [-0.25, -0.2) is 0 Å². The molecule has 0 aromatic heterocycles. The quantitative estimate of drug-likeness (QED) is 0.486. The van der Waals surface area contributed by atoms with Gasteiger partial charge in [0.2, 0.25) is 0 Å². The van der Waals surface area contributed by atoms with Crippen molar-refractivity contribution >= 4 is 24.4 Å². The van der Waals surface area contributed by atoms with Crippen molar-refractivity contribution in [2.24, 2.45) is 0 Å². The van der Waals surface area contributed by atoms with Crippen LogP contribution in [0.2, 0.25) is 0 Å². The van der Waals surface area contributed by atoms with E-state index < -0.39 is 0 Å². The van der Waals surface area contributed by atoms with Gasteiger partial charge in [0.1, 0.15) is 0 Å². The van der Waals surface area contributed by atoms with Gasteiger partial charge in [-0.1, -0.05) is 12.1 Å². The summed E-state index contributed by atoms with van der Waals surface area (Å²) in [7, 11) is 0. The van der Waals surface area contributed by atoms with Crippen molar-refractivity contribution in [3.8, 4) is 0 Å². The maximum Gasteiger partial charge on any atom is 0.261 e. The van der Waals surface area contributed by atoms with Crippen molar-refractivity contribution in [1.82, 2.24) is 4.90 Å². The van der Waals surface area contributed by atoms with Gasteiger partial charge in [-0.05, 0) is 12.1 Å². The zero-order valence-electron chi connectivity index (χ0n) is 9.26. The minimum Gasteiger partial charge on any atom is -0.379 e. The Morgan fingerprint density at radius 1 is 1.06 bits per heavy atom. The maximum atomic E-state index is 11.9. The molecule has 0 fully saturated rings. The Hall–Kier alpha value is -1.33. The number of hydrogen-bond donors (Lipinski definition) is 1. The Bertz CT molecular complexity index is 412. The van der Waals surface area contributed by atoms with Crippen molar-refractivity contribution in [2.45, 2.75) is 0 Å². The van der Waals surface area contributed by atoms with E-state index in [1.165, 1.54) is 4.90 Å². The number of imide groups is 1. The van der Waals surface area contributed by atoms with Crippen LogP contribution in [0.4, 0.5) is 0 Å². The number of fused-ring (bicyclic) bond motifs is 1. The molecule has 0 atom stereocenters. The van der Waals surface area contributed by atoms with Crippen LogP contribution < -0.4 is 0 Å². The summed E-state index contributed by atoms with van der Waals surface area (Å²) in [5.74, 6) is 0.155. The molecule has 1 aliphatic rings. The Balaban J connectivity index is 2.03. The highest BCUT2D eigenvalue weighted by Gasteiger charge is 2.34. The van der Waals surface area contributed by atoms with Crippen LogP contribution in [0.3, 0.4) is 0 Å². The highest BCUT2D eigenvalue weighted by molar-refractivity contribution is 7.80. The standard InChI is InChI=1S/C12H13NO3S/c14-11-9-3-1-2-4-10(9)12(15)13(11)5-6-16-7-8-17/h1-4,17H,5-8H2. The summed E-state index contributed by atoms with van der Waals surface area (Å²) in [6.07, 6.45) is 0. The van der Waals surface area contributed by atoms with E-state index in [4.69, 9.17) is 4.74 Å². The van der Waals surface area contributed by atoms with Gasteiger partial charge in [0.15, 0.2) is 0 Å². The number of rotatable bonds is 5. The molecule has 0 saturated carbocycles. The van der Waals surface area contributed by atoms with Crippen LogP contribution in [-0.2, 0) is 4.74 Å². The molecule has 0 N–H and O–H groups in total. The van der Waals surface area contributed by atoms with Crippen molar-refractivity contribution in [1.29, 1.82) is 0 Å². The summed E-state index contributed by atoms with van der Waals surface area (Å²) in [4.78, 5) is 25.0. The molecule has 0 aliphatic carbocycles. The second-order valence-electron chi connectivity index (χ2n) is 3.64. The Labute approximate surface area is 105 Å². The summed E-state index contributed by atoms with van der Waals surface area (Å²) in [6.45, 7) is 1.17. The molecule has 0 spiro atoms. The lowest BCUT2D eigenvalue weighted by Crippen LogP contribution is -2.33. The number of amides is 2. The zero-order chi connectivity index (χ0) is 12.3. The van der Waals surface area contributed by atoms with Crippen LogP contribution in [0.1, 0.15) is 20.7 Å². The van der Waals surface area contributed by atoms with Crippen LogP contribution in [0, 0.1) is 0 Å². The molecule has 17 heavy (non-hydrogen) atoms. The fourth-order valence-electron chi connectivity index (χ4n) is 1.76. The molecule has 1 aromatic rings. The van der Waals surface area contributed by atoms with Crippen molar-refractivity contribution in [2.75, 3.05) is 25.5 Å². The minimum absolute atomic E-state index is 0.236. The van der Waals surface area contributed by atoms with Gasteiger partial charge in [0.25, 0.3) is 11.8 Å². The number of benzene rings is 1. The summed E-state index contributed by atoms with van der Waals surface area (Å²) in [5.41, 5.74) is 0.957. The SMILES string of the molecule is O=C1c2ccccc2C(=O)N1CCOCCS. The molecule has 1 aromatic carbocycles. The van der Waals surface area contributed by atoms with E-state index >= 15 is 0 Å². The summed E-state index contributed by atoms with van der Waals surface area (Å²) >= 11 is 4.01. The van der Waals surface area contributed by atoms with E-state index in [2.05, 4.69) is 12.6 Å². The van der Waals surface area contributed by atoms with Crippen LogP contribution in [0.5, 0.6) is 0 Å². The molecule has 4 nitrogen and oxygen atoms in total. The lowest BCUT2D eigenvalue weighted by Gasteiger charge is -2.13. The van der Waals surface area contributed by atoms with Crippen LogP contribution >= 0.6 is 12.6 Å². The van der Waals surface area contributed by atoms with Crippen LogP contribution in [-0.4, -0.2) is 42.2 Å². The predicted octanol–water partition coefficient (Wildman–Crippen LogP) is 1.23. The van der Waals surface area contributed by atoms with Gasteiger partial charge in [-0.15, -0.1) is 0 Å². The molecular weight excluding hydrogens is 238 g/mol. The molecule has 90 valence electrons. The smallest absolute Gasteiger partial charge is 0.261 e. The van der Waals surface area contributed by atoms with Crippen LogP contribution in [0.15, 0.2) is 24.3 Å². The second kappa shape index (κ2) is 5.33. The third kappa shape index (κ3) is 2.35. The Morgan fingerprint density at radius 2 is 1.65 bits per heavy atom. The molecule has 0 unspecified atom stereocenters. The normalized spacial score (nSPS) is 14.3. The first-order valence-corrected chi connectivity index (χ1v) is 6.03. The minimum atomic E-state index is -0.236. The fourth-order valence-corrected chi connectivity index (χ4v) is 1.89. The van der Waals surface area contributed by atoms with Gasteiger partial charge in [0.05, 0.1) is 30.9 Å². The molecule has 1 aliphatic heterocycles. The van der Waals surface area contributed by atoms with E-state index in [1.807, 2.05) is 0 Å². The van der Waals surface area contributed by atoms with Gasteiger partial charge >= 0.3 is 0 Å². The van der Waals surface area contributed by atoms with E-state index in [0.29, 0.717) is 36.6 Å². The van der Waals surface area contributed by atoms with Gasteiger partial charge < -0.3 is 4.74 Å². The molecule has 5 heteroatoms. The first-order chi connectivity index (χ1) is 8.25. The first-order valence-electron chi connectivity index (χ1n) is 5.39. The monoisotopic (exact) mass is 251 g/mol. The number of carbonyl (C=O) groups excluding carboxylic acids is 2. The van der Waals surface area contributed by atoms with E-state index in [1.54, 1.807) is 24.3 Å². The number of nitrogens with zero attached hydrogens (tertiary/aromatic N) is 1. The average molecular weight is 251 g/mol. The highest BCUT2D eigenvalue weighted by Crippen LogP contribution is 2.21. The predicted molar refractivity (Wildman–Crippen MR) is 66.5 cm³/mol. The third-order valence-electron chi connectivity index (χ3n) is 2.57. The topological polar surface area (TPSA) is 46.6 Å². The maximum absolute atomic E-state index is 11.9. The van der Waals surface area contributed by atoms with Crippen molar-refractivity contribution in [3.63, 3.8) is 0 Å². The molecule has 0 bridgehead atoms. The van der Waals surface area contributed by atoms with Crippen molar-refractivity contribution < 1.29 is 14.3 Å². The largest absolute Gasteiger partial charge is 0.379 e. The molecular formula is C12H13NO3S. The Morgan fingerprint density at radius 3 is 2.18 bits per heavy atom. The molecule has 2 amide bonds. The lowest BCUT2D eigenvalue weighted by molar-refractivity contribution is 0.0577. The van der Waals surface area contributed by atoms with Gasteiger partial charge in [0, 0.05) is 5.75 Å². The fraction of sp³-hybridized carbons (Fsp3) is 0.333. The molecule has 0 saturated heterocycles. The molecule has 1 heterocycles. The van der Waals surface area contributed by atoms with Crippen molar-refractivity contribution in [3.05, 3.63) is 35.4 Å². The third-order valence-corrected chi connectivity index (χ3v) is 2.76. The number of carbonyl (C=O) groups is 2. The summed E-state index contributed by atoms with van der Waals surface area (Å²) < 4.78 is 5.22. The zero-order valence-corrected chi connectivity index (χ0v) is 10.2. The number of ether oxygens (including phenoxy) is 1. The first kappa shape index (κ1) is 12.1. The number of hydrogen-bond acceptors (Lipinski definition) is 4. The summed E-state index contributed by atoms with van der Waals surface area (Å²) in [5, 5.41) is 0. The van der Waals surface area contributed by atoms with Gasteiger partial charge in [-0.2, -0.15) is 12.6 Å². The lowest BCUT2D eigenvalue weighted by atomic mass is 10.1. The number of thiol groups is 1. The molecule has 2 rings (SSSR count). The second-order valence-corrected chi connectivity index (χ2v) is 4.09. The highest BCUT2D eigenvalue weighted by atomic mass is 32.1. The van der Waals surface area contributed by atoms with E-state index in [9.17, 15) is 9.59 Å². The molecule has 0 radical (unpaired) electrons. The van der Waals surface area contributed by atoms with E-state index in [-0.39, 0.29) is 11.8 Å². The van der Waals surface area contributed by atoms with Crippen LogP contribution in [0.25, 0.3) is 0 Å². The average Bonchev–Trinajstić information content (AvgIpc) is 2.60. The van der Waals surface area contributed by atoms with Gasteiger partial charge in [-0.3, -0.25) is 14.5 Å². The Kier molecular flexibility index (Phi) is 3.81. The summed E-state index contributed by atoms with van der Waals surface area (Å²) in [6, 6.07) is 6.85. The van der Waals surface area contributed by atoms with E-state index in [0.717, 1.165) is 0 Å².